The molecule has 0 N–H and O–H groups in total. The van der Waals surface area contributed by atoms with E-state index < -0.39 is 12.2 Å². The van der Waals surface area contributed by atoms with Crippen LogP contribution in [0.15, 0.2) is 46.7 Å². The minimum absolute atomic E-state index is 0.230. The van der Waals surface area contributed by atoms with Crippen LogP contribution in [0.25, 0.3) is 21.8 Å². The van der Waals surface area contributed by atoms with Crippen molar-refractivity contribution in [3.05, 3.63) is 47.5 Å². The Kier molecular flexibility index (Phi) is 13.9. The summed E-state index contributed by atoms with van der Waals surface area (Å²) in [6.07, 6.45) is 15.1. The van der Waals surface area contributed by atoms with Crippen molar-refractivity contribution >= 4 is 57.0 Å². The van der Waals surface area contributed by atoms with E-state index in [4.69, 9.17) is 9.68 Å². The van der Waals surface area contributed by atoms with Crippen LogP contribution >= 0.6 is 0 Å². The molecule has 3 aliphatic rings. The van der Waals surface area contributed by atoms with E-state index in [0.29, 0.717) is 62.6 Å². The van der Waals surface area contributed by atoms with Crippen LogP contribution in [-0.4, -0.2) is 75.7 Å². The predicted molar refractivity (Wildman–Crippen MR) is 212 cm³/mol. The average molecular weight is 740 g/mol. The minimum atomic E-state index is -0.514. The van der Waals surface area contributed by atoms with Crippen LogP contribution in [-0.2, 0) is 16.2 Å². The summed E-state index contributed by atoms with van der Waals surface area (Å²) in [5.74, 6) is -0.219. The maximum Gasteiger partial charge on any atom is 0.435 e. The number of nitrogens with zero attached hydrogens (tertiary/aromatic N) is 5. The molecule has 2 aromatic carbocycles. The van der Waals surface area contributed by atoms with Crippen LogP contribution < -0.4 is 0 Å². The fourth-order valence-electron chi connectivity index (χ4n) is 8.27. The smallest absolute Gasteiger partial charge is 0.341 e. The number of likely N-dealkylation sites (tertiary alicyclic amines) is 2. The molecule has 2 aliphatic heterocycles. The molecule has 54 heavy (non-hydrogen) atoms. The number of unbranched alkanes of at least 4 members (excludes halogenated alkanes) is 3. The van der Waals surface area contributed by atoms with Crippen LogP contribution in [0.5, 0.6) is 0 Å². The van der Waals surface area contributed by atoms with Crippen LogP contribution in [0.4, 0.5) is 9.59 Å². The molecule has 1 aliphatic carbocycles. The fraction of sp³-hybridized carbons (Fsp3) is 0.581. The second kappa shape index (κ2) is 19.2. The van der Waals surface area contributed by atoms with E-state index in [-0.39, 0.29) is 23.0 Å². The molecule has 0 radical (unpaired) electrons. The molecular formula is C43H57N5O6. The number of piperidine rings is 2. The lowest BCUT2D eigenvalue weighted by Gasteiger charge is -2.24. The topological polar surface area (TPSA) is 123 Å². The van der Waals surface area contributed by atoms with Crippen molar-refractivity contribution in [1.82, 2.24) is 14.4 Å². The van der Waals surface area contributed by atoms with Gasteiger partial charge in [0.05, 0.1) is 0 Å². The van der Waals surface area contributed by atoms with Gasteiger partial charge in [0.25, 0.3) is 0 Å². The number of fused-ring (bicyclic) bond motifs is 3. The van der Waals surface area contributed by atoms with E-state index in [1.165, 1.54) is 6.42 Å². The average Bonchev–Trinajstić information content (AvgIpc) is 3.54. The monoisotopic (exact) mass is 739 g/mol. The first-order valence-corrected chi connectivity index (χ1v) is 20.6. The first-order chi connectivity index (χ1) is 26.4. The van der Waals surface area contributed by atoms with Gasteiger partial charge < -0.3 is 14.4 Å². The van der Waals surface area contributed by atoms with E-state index in [1.54, 1.807) is 15.9 Å². The van der Waals surface area contributed by atoms with Gasteiger partial charge in [-0.3, -0.25) is 19.3 Å². The van der Waals surface area contributed by atoms with Gasteiger partial charge in [0.2, 0.25) is 11.6 Å². The van der Waals surface area contributed by atoms with E-state index in [0.717, 1.165) is 112 Å². The van der Waals surface area contributed by atoms with Crippen LogP contribution in [0, 0.1) is 5.92 Å². The first kappa shape index (κ1) is 39.2. The Hall–Kier alpha value is -4.54. The van der Waals surface area contributed by atoms with Crippen molar-refractivity contribution in [2.45, 2.75) is 130 Å². The van der Waals surface area contributed by atoms with Crippen LogP contribution in [0.2, 0.25) is 0 Å². The quantitative estimate of drug-likeness (QED) is 0.0533. The fourth-order valence-corrected chi connectivity index (χ4v) is 8.27. The molecule has 1 aromatic heterocycles. The summed E-state index contributed by atoms with van der Waals surface area (Å²) in [5, 5.41) is 10.1. The molecule has 0 unspecified atom stereocenters. The number of hydrogen-bond donors (Lipinski definition) is 0. The number of aryl methyl sites for hydroxylation is 1. The molecule has 290 valence electrons. The number of carbonyl (C=O) groups is 4. The number of ketones is 2. The largest absolute Gasteiger partial charge is 0.435 e. The summed E-state index contributed by atoms with van der Waals surface area (Å²) in [5.41, 5.74) is 3.29. The number of hydrogen-bond acceptors (Lipinski definition) is 8. The van der Waals surface area contributed by atoms with Crippen molar-refractivity contribution in [3.8, 4) is 0 Å². The molecule has 3 heterocycles. The minimum Gasteiger partial charge on any atom is -0.341 e. The molecule has 2 saturated heterocycles. The zero-order valence-corrected chi connectivity index (χ0v) is 32.3. The van der Waals surface area contributed by atoms with Gasteiger partial charge in [-0.1, -0.05) is 68.6 Å². The second-order valence-electron chi connectivity index (χ2n) is 15.3. The molecule has 11 heteroatoms. The Labute approximate surface area is 319 Å². The summed E-state index contributed by atoms with van der Waals surface area (Å²) in [4.78, 5) is 68.2. The third kappa shape index (κ3) is 9.57. The molecule has 0 bridgehead atoms. The SMILES string of the molecule is CCCCCC/C(=N\OC(=O)N1CCCCC1)C(=O)c1ccc2c(c1)c1cc(C(=O)/C(CC3CCCCC3)=N/OC(=O)N3CCCCC3)ccc1n2CC. The summed E-state index contributed by atoms with van der Waals surface area (Å²) >= 11 is 0. The number of oxime groups is 2. The van der Waals surface area contributed by atoms with E-state index in [2.05, 4.69) is 28.7 Å². The Balaban J connectivity index is 1.30. The normalized spacial score (nSPS) is 17.6. The maximum atomic E-state index is 14.3. The highest BCUT2D eigenvalue weighted by molar-refractivity contribution is 6.47. The van der Waals surface area contributed by atoms with Gasteiger partial charge in [-0.15, -0.1) is 0 Å². The van der Waals surface area contributed by atoms with E-state index in [9.17, 15) is 19.2 Å². The Bertz CT molecular complexity index is 1860. The van der Waals surface area contributed by atoms with Gasteiger partial charge >= 0.3 is 12.2 Å². The highest BCUT2D eigenvalue weighted by Crippen LogP contribution is 2.32. The number of amides is 2. The third-order valence-corrected chi connectivity index (χ3v) is 11.4. The van der Waals surface area contributed by atoms with E-state index >= 15 is 0 Å². The number of Topliss-reactive ketones (excluding diaryl/α,β-unsaturated/α-hetero) is 2. The molecule has 1 saturated carbocycles. The molecule has 3 aromatic rings. The highest BCUT2D eigenvalue weighted by Gasteiger charge is 2.26. The van der Waals surface area contributed by atoms with Gasteiger partial charge in [-0.25, -0.2) is 9.59 Å². The van der Waals surface area contributed by atoms with Crippen molar-refractivity contribution in [3.63, 3.8) is 0 Å². The lowest BCUT2D eigenvalue weighted by Crippen LogP contribution is -2.35. The summed E-state index contributed by atoms with van der Waals surface area (Å²) in [7, 11) is 0. The van der Waals surface area contributed by atoms with Crippen LogP contribution in [0.3, 0.4) is 0 Å². The van der Waals surface area contributed by atoms with Gasteiger partial charge in [-0.05, 0) is 107 Å². The summed E-state index contributed by atoms with van der Waals surface area (Å²) in [6.45, 7) is 7.44. The Morgan fingerprint density at radius 3 is 1.65 bits per heavy atom. The Morgan fingerprint density at radius 2 is 1.13 bits per heavy atom. The molecule has 0 spiro atoms. The molecule has 2 amide bonds. The van der Waals surface area contributed by atoms with Crippen molar-refractivity contribution < 1.29 is 28.9 Å². The maximum absolute atomic E-state index is 14.3. The summed E-state index contributed by atoms with van der Waals surface area (Å²) in [6, 6.07) is 11.3. The number of rotatable bonds is 14. The Morgan fingerprint density at radius 1 is 0.630 bits per heavy atom. The van der Waals surface area contributed by atoms with Crippen molar-refractivity contribution in [1.29, 1.82) is 0 Å². The molecule has 0 atom stereocenters. The second-order valence-corrected chi connectivity index (χ2v) is 15.3. The number of benzene rings is 2. The predicted octanol–water partition coefficient (Wildman–Crippen LogP) is 10.1. The van der Waals surface area contributed by atoms with Crippen molar-refractivity contribution in [2.24, 2.45) is 16.2 Å². The van der Waals surface area contributed by atoms with Gasteiger partial charge in [0.1, 0.15) is 11.4 Å². The first-order valence-electron chi connectivity index (χ1n) is 20.6. The molecule has 11 nitrogen and oxygen atoms in total. The zero-order valence-electron chi connectivity index (χ0n) is 32.3. The van der Waals surface area contributed by atoms with E-state index in [1.807, 2.05) is 30.3 Å². The summed E-state index contributed by atoms with van der Waals surface area (Å²) < 4.78 is 2.17. The third-order valence-electron chi connectivity index (χ3n) is 11.4. The zero-order chi connectivity index (χ0) is 37.9. The van der Waals surface area contributed by atoms with Gasteiger partial charge in [0.15, 0.2) is 0 Å². The van der Waals surface area contributed by atoms with Crippen LogP contribution in [0.1, 0.15) is 144 Å². The number of aromatic nitrogens is 1. The molecule has 6 rings (SSSR count). The molecule has 3 fully saturated rings. The lowest BCUT2D eigenvalue weighted by molar-refractivity contribution is 0.0942. The standard InChI is InChI=1S/C43H57N5O6/c1-3-5-6-12-19-36(44-53-42(51)46-24-13-8-14-25-46)40(49)32-20-22-38-34(29-32)35-30-33(21-23-39(35)48(38)4-2)41(50)37(28-31-17-10-7-11-18-31)45-54-43(52)47-26-15-9-16-27-47/h20-23,29-31H,3-19,24-28H2,1-2H3/b44-36+,45-37+. The lowest BCUT2D eigenvalue weighted by atomic mass is 9.84. The highest BCUT2D eigenvalue weighted by atomic mass is 16.7. The van der Waals surface area contributed by atoms with Gasteiger partial charge in [0, 0.05) is 65.7 Å². The molecular weight excluding hydrogens is 683 g/mol. The van der Waals surface area contributed by atoms with Crippen molar-refractivity contribution in [2.75, 3.05) is 26.2 Å². The van der Waals surface area contributed by atoms with Gasteiger partial charge in [-0.2, -0.15) is 0 Å². The number of carbonyl (C=O) groups excluding carboxylic acids is 4.